The molecular weight excluding hydrogens is 600 g/mol. The fraction of sp³-hybridized carbons (Fsp3) is 0.308. The minimum atomic E-state index is -0.262. The Morgan fingerprint density at radius 3 is 1.39 bits per heavy atom. The van der Waals surface area contributed by atoms with Gasteiger partial charge in [0.2, 0.25) is 0 Å². The Balaban J connectivity index is 0.000000147. The summed E-state index contributed by atoms with van der Waals surface area (Å²) in [4.78, 5) is 46.1. The van der Waals surface area contributed by atoms with Gasteiger partial charge in [-0.25, -0.2) is 29.3 Å². The number of nitrogens with zero attached hydrogens (tertiary/aromatic N) is 14. The van der Waals surface area contributed by atoms with Crippen LogP contribution in [-0.4, -0.2) is 122 Å². The highest BCUT2D eigenvalue weighted by molar-refractivity contribution is 5.45. The van der Waals surface area contributed by atoms with Crippen LogP contribution in [-0.2, 0) is 9.47 Å². The van der Waals surface area contributed by atoms with E-state index in [1.165, 1.54) is 43.8 Å². The molecule has 0 bridgehead atoms. The molecule has 0 radical (unpaired) electrons. The molecule has 2 N–H and O–H groups in total. The molecule has 46 heavy (non-hydrogen) atoms. The van der Waals surface area contributed by atoms with Gasteiger partial charge in [0.25, 0.3) is 11.1 Å². The van der Waals surface area contributed by atoms with Crippen LogP contribution >= 0.6 is 0 Å². The van der Waals surface area contributed by atoms with Crippen LogP contribution < -0.4 is 20.9 Å². The Bertz CT molecular complexity index is 1840. The summed E-state index contributed by atoms with van der Waals surface area (Å²) in [5.74, 6) is 2.47. The third-order valence-corrected chi connectivity index (χ3v) is 7.25. The Hall–Kier alpha value is -6.02. The van der Waals surface area contributed by atoms with Gasteiger partial charge in [-0.15, -0.1) is 10.2 Å². The van der Waals surface area contributed by atoms with Crippen molar-refractivity contribution >= 4 is 11.6 Å². The number of aromatic nitrogens is 14. The number of anilines is 2. The van der Waals surface area contributed by atoms with E-state index < -0.39 is 0 Å². The zero-order chi connectivity index (χ0) is 31.3. The van der Waals surface area contributed by atoms with E-state index >= 15 is 0 Å². The second-order valence-electron chi connectivity index (χ2n) is 9.96. The third kappa shape index (κ3) is 5.88. The maximum absolute atomic E-state index is 12.5. The molecule has 2 aliphatic rings. The molecule has 20 heteroatoms. The van der Waals surface area contributed by atoms with Crippen molar-refractivity contribution in [3.05, 3.63) is 82.7 Å². The predicted octanol–water partition coefficient (Wildman–Crippen LogP) is -1.25. The number of hydrogen-bond donors (Lipinski definition) is 2. The molecule has 2 fully saturated rings. The number of ether oxygens (including phenoxy) is 2. The summed E-state index contributed by atoms with van der Waals surface area (Å²) in [5.41, 5.74) is 0.215. The highest BCUT2D eigenvalue weighted by Gasteiger charge is 2.17. The first-order chi connectivity index (χ1) is 22.7. The summed E-state index contributed by atoms with van der Waals surface area (Å²) in [6.45, 7) is 5.72. The van der Waals surface area contributed by atoms with Crippen molar-refractivity contribution in [1.82, 2.24) is 69.5 Å². The second-order valence-corrected chi connectivity index (χ2v) is 9.96. The van der Waals surface area contributed by atoms with Crippen LogP contribution in [0.15, 0.2) is 71.6 Å². The van der Waals surface area contributed by atoms with Crippen molar-refractivity contribution in [2.45, 2.75) is 0 Å². The number of hydrogen-bond acceptors (Lipinski definition) is 14. The standard InChI is InChI=1S/2C13H14N8O2/c2*22-13-10(20-2-1-16-18-20)8-17-21(13)12-7-11(14-9-15-12)19-3-5-23-6-4-19/h2*1-2,7-9,17H,3-6H2. The van der Waals surface area contributed by atoms with Crippen LogP contribution in [0, 0.1) is 0 Å². The lowest BCUT2D eigenvalue weighted by Gasteiger charge is -2.27. The third-order valence-electron chi connectivity index (χ3n) is 7.25. The summed E-state index contributed by atoms with van der Waals surface area (Å²) in [6.07, 6.45) is 12.3. The molecule has 2 saturated heterocycles. The van der Waals surface area contributed by atoms with Gasteiger partial charge in [-0.05, 0) is 0 Å². The Labute approximate surface area is 258 Å². The van der Waals surface area contributed by atoms with Crippen molar-refractivity contribution in [1.29, 1.82) is 0 Å². The van der Waals surface area contributed by atoms with Crippen LogP contribution in [0.1, 0.15) is 0 Å². The maximum atomic E-state index is 12.5. The fourth-order valence-corrected chi connectivity index (χ4v) is 4.91. The quantitative estimate of drug-likeness (QED) is 0.220. The van der Waals surface area contributed by atoms with E-state index in [9.17, 15) is 9.59 Å². The van der Waals surface area contributed by atoms with E-state index in [1.54, 1.807) is 36.9 Å². The van der Waals surface area contributed by atoms with E-state index in [4.69, 9.17) is 9.47 Å². The average Bonchev–Trinajstić information content (AvgIpc) is 3.95. The Kier molecular flexibility index (Phi) is 8.07. The van der Waals surface area contributed by atoms with E-state index in [0.717, 1.165) is 37.8 Å². The van der Waals surface area contributed by atoms with Crippen molar-refractivity contribution in [2.24, 2.45) is 0 Å². The van der Waals surface area contributed by atoms with Crippen LogP contribution in [0.2, 0.25) is 0 Å². The topological polar surface area (TPSA) is 213 Å². The lowest BCUT2D eigenvalue weighted by molar-refractivity contribution is 0.122. The molecule has 236 valence electrons. The monoisotopic (exact) mass is 628 g/mol. The first-order valence-corrected chi connectivity index (χ1v) is 14.3. The molecule has 2 aliphatic heterocycles. The number of rotatable bonds is 6. The molecule has 6 aromatic rings. The minimum Gasteiger partial charge on any atom is -0.378 e. The van der Waals surface area contributed by atoms with Crippen molar-refractivity contribution in [3.8, 4) is 23.0 Å². The van der Waals surface area contributed by atoms with Crippen LogP contribution in [0.5, 0.6) is 0 Å². The lowest BCUT2D eigenvalue weighted by Crippen LogP contribution is -2.37. The van der Waals surface area contributed by atoms with E-state index in [1.807, 2.05) is 0 Å². The molecule has 0 aromatic carbocycles. The number of aromatic amines is 2. The van der Waals surface area contributed by atoms with E-state index in [0.29, 0.717) is 49.4 Å². The molecule has 8 heterocycles. The summed E-state index contributed by atoms with van der Waals surface area (Å²) >= 11 is 0. The van der Waals surface area contributed by atoms with Crippen LogP contribution in [0.25, 0.3) is 23.0 Å². The largest absolute Gasteiger partial charge is 0.378 e. The summed E-state index contributed by atoms with van der Waals surface area (Å²) < 4.78 is 16.2. The smallest absolute Gasteiger partial charge is 0.298 e. The minimum absolute atomic E-state index is 0.262. The van der Waals surface area contributed by atoms with E-state index in [2.05, 4.69) is 60.6 Å². The van der Waals surface area contributed by atoms with Gasteiger partial charge in [0.05, 0.1) is 63.6 Å². The van der Waals surface area contributed by atoms with Crippen molar-refractivity contribution in [2.75, 3.05) is 62.4 Å². The fourth-order valence-electron chi connectivity index (χ4n) is 4.91. The number of morpholine rings is 2. The molecule has 0 saturated carbocycles. The molecule has 20 nitrogen and oxygen atoms in total. The molecule has 0 unspecified atom stereocenters. The van der Waals surface area contributed by atoms with Crippen molar-refractivity contribution in [3.63, 3.8) is 0 Å². The predicted molar refractivity (Wildman–Crippen MR) is 160 cm³/mol. The average molecular weight is 629 g/mol. The van der Waals surface area contributed by atoms with Gasteiger partial charge in [0.15, 0.2) is 23.0 Å². The van der Waals surface area contributed by atoms with Crippen LogP contribution in [0.4, 0.5) is 11.6 Å². The molecule has 0 spiro atoms. The Morgan fingerprint density at radius 1 is 0.587 bits per heavy atom. The van der Waals surface area contributed by atoms with E-state index in [-0.39, 0.29) is 11.1 Å². The van der Waals surface area contributed by atoms with Gasteiger partial charge in [-0.2, -0.15) is 9.36 Å². The zero-order valence-corrected chi connectivity index (χ0v) is 24.3. The zero-order valence-electron chi connectivity index (χ0n) is 24.3. The van der Waals surface area contributed by atoms with Crippen molar-refractivity contribution < 1.29 is 9.47 Å². The first-order valence-electron chi connectivity index (χ1n) is 14.3. The maximum Gasteiger partial charge on any atom is 0.298 e. The molecule has 6 aromatic heterocycles. The highest BCUT2D eigenvalue weighted by atomic mass is 16.5. The second kappa shape index (κ2) is 12.9. The number of H-pyrrole nitrogens is 2. The molecular formula is C26H28N16O4. The van der Waals surface area contributed by atoms with Gasteiger partial charge in [-0.1, -0.05) is 10.4 Å². The van der Waals surface area contributed by atoms with Gasteiger partial charge in [0, 0.05) is 38.3 Å². The summed E-state index contributed by atoms with van der Waals surface area (Å²) in [6, 6.07) is 3.54. The highest BCUT2D eigenvalue weighted by Crippen LogP contribution is 2.16. The SMILES string of the molecule is O=c1c(-n2ccnn2)c[nH]n1-c1cc(N2CCOCC2)ncn1.O=c1c(-n2ccnn2)c[nH]n1-c1cc(N2CCOCC2)ncn1. The molecule has 0 atom stereocenters. The normalized spacial score (nSPS) is 15.0. The molecule has 0 amide bonds. The lowest BCUT2D eigenvalue weighted by atomic mass is 10.4. The Morgan fingerprint density at radius 2 is 1.00 bits per heavy atom. The molecule has 0 aliphatic carbocycles. The molecule has 8 rings (SSSR count). The summed E-state index contributed by atoms with van der Waals surface area (Å²) in [7, 11) is 0. The van der Waals surface area contributed by atoms with Gasteiger partial charge in [-0.3, -0.25) is 19.8 Å². The van der Waals surface area contributed by atoms with Gasteiger partial charge >= 0.3 is 0 Å². The number of nitrogens with one attached hydrogen (secondary N) is 2. The van der Waals surface area contributed by atoms with Crippen LogP contribution in [0.3, 0.4) is 0 Å². The van der Waals surface area contributed by atoms with Gasteiger partial charge in [0.1, 0.15) is 24.3 Å². The first kappa shape index (κ1) is 28.7. The summed E-state index contributed by atoms with van der Waals surface area (Å²) in [5, 5.41) is 20.8. The van der Waals surface area contributed by atoms with Gasteiger partial charge < -0.3 is 19.3 Å².